The lowest BCUT2D eigenvalue weighted by Gasteiger charge is -2.28. The fourth-order valence-electron chi connectivity index (χ4n) is 2.18. The normalized spacial score (nSPS) is 11.3. The zero-order chi connectivity index (χ0) is 13.6. The largest absolute Gasteiger partial charge is 1.00 e. The van der Waals surface area contributed by atoms with Crippen molar-refractivity contribution in [2.45, 2.75) is 6.54 Å². The summed E-state index contributed by atoms with van der Waals surface area (Å²) >= 11 is 0. The van der Waals surface area contributed by atoms with E-state index < -0.39 is 0 Å². The van der Waals surface area contributed by atoms with Crippen LogP contribution in [0, 0.1) is 0 Å². The van der Waals surface area contributed by atoms with Crippen molar-refractivity contribution < 1.29 is 16.9 Å². The van der Waals surface area contributed by atoms with Gasteiger partial charge in [-0.1, -0.05) is 66.7 Å². The van der Waals surface area contributed by atoms with Crippen molar-refractivity contribution in [2.24, 2.45) is 0 Å². The minimum Gasteiger partial charge on any atom is -1.00 e. The smallest absolute Gasteiger partial charge is 0.104 e. The zero-order valence-electron chi connectivity index (χ0n) is 12.2. The van der Waals surface area contributed by atoms with E-state index in [2.05, 4.69) is 80.8 Å². The van der Waals surface area contributed by atoms with Crippen molar-refractivity contribution in [2.75, 3.05) is 20.6 Å². The molecule has 0 aromatic heterocycles. The molecule has 0 N–H and O–H groups in total. The first kappa shape index (κ1) is 16.5. The standard InChI is InChI=1S/C18H22N.ClH/c1-19(2,16-18-12-7-4-8-13-18)15-9-14-17-10-5-3-6-11-17;/h3-14H,15-16H2,1-2H3;1H/q+1;/p-1/b14-9+;. The van der Waals surface area contributed by atoms with Gasteiger partial charge in [0.15, 0.2) is 0 Å². The first-order valence-corrected chi connectivity index (χ1v) is 6.73. The molecule has 1 nitrogen and oxygen atoms in total. The fraction of sp³-hybridized carbons (Fsp3) is 0.222. The van der Waals surface area contributed by atoms with Crippen LogP contribution >= 0.6 is 0 Å². The molecule has 0 fully saturated rings. The maximum Gasteiger partial charge on any atom is 0.104 e. The number of rotatable bonds is 5. The Balaban J connectivity index is 0.00000200. The van der Waals surface area contributed by atoms with Crippen molar-refractivity contribution in [1.82, 2.24) is 0 Å². The van der Waals surface area contributed by atoms with Gasteiger partial charge in [-0.25, -0.2) is 0 Å². The number of hydrogen-bond acceptors (Lipinski definition) is 0. The molecule has 2 rings (SSSR count). The molecule has 0 aliphatic heterocycles. The highest BCUT2D eigenvalue weighted by atomic mass is 35.5. The van der Waals surface area contributed by atoms with Gasteiger partial charge in [-0.2, -0.15) is 0 Å². The monoisotopic (exact) mass is 287 g/mol. The van der Waals surface area contributed by atoms with Gasteiger partial charge in [0.1, 0.15) is 6.54 Å². The highest BCUT2D eigenvalue weighted by Gasteiger charge is 2.13. The SMILES string of the molecule is C[N+](C)(C/C=C/c1ccccc1)Cc1ccccc1.[Cl-]. The van der Waals surface area contributed by atoms with Gasteiger partial charge < -0.3 is 16.9 Å². The van der Waals surface area contributed by atoms with E-state index >= 15 is 0 Å². The molecule has 0 saturated heterocycles. The molecule has 2 heteroatoms. The molecule has 0 atom stereocenters. The molecule has 0 unspecified atom stereocenters. The van der Waals surface area contributed by atoms with E-state index in [0.29, 0.717) is 0 Å². The van der Waals surface area contributed by atoms with Crippen LogP contribution in [0.4, 0.5) is 0 Å². The Morgan fingerprint density at radius 2 is 1.40 bits per heavy atom. The van der Waals surface area contributed by atoms with E-state index in [9.17, 15) is 0 Å². The van der Waals surface area contributed by atoms with Crippen LogP contribution in [0.3, 0.4) is 0 Å². The summed E-state index contributed by atoms with van der Waals surface area (Å²) in [6.45, 7) is 2.09. The molecular formula is C18H22ClN. The number of hydrogen-bond donors (Lipinski definition) is 0. The predicted molar refractivity (Wildman–Crippen MR) is 82.6 cm³/mol. The Bertz CT molecular complexity index is 518. The van der Waals surface area contributed by atoms with Gasteiger partial charge in [0.2, 0.25) is 0 Å². The van der Waals surface area contributed by atoms with Crippen LogP contribution in [0.5, 0.6) is 0 Å². The van der Waals surface area contributed by atoms with Crippen LogP contribution in [-0.4, -0.2) is 25.1 Å². The minimum atomic E-state index is 0. The lowest BCUT2D eigenvalue weighted by molar-refractivity contribution is -0.897. The Hall–Kier alpha value is -1.57. The van der Waals surface area contributed by atoms with Gasteiger partial charge in [-0.15, -0.1) is 0 Å². The predicted octanol–water partition coefficient (Wildman–Crippen LogP) is 0.980. The second kappa shape index (κ2) is 7.88. The van der Waals surface area contributed by atoms with Gasteiger partial charge >= 0.3 is 0 Å². The minimum absolute atomic E-state index is 0. The highest BCUT2D eigenvalue weighted by Crippen LogP contribution is 2.10. The van der Waals surface area contributed by atoms with E-state index in [-0.39, 0.29) is 12.4 Å². The van der Waals surface area contributed by atoms with Gasteiger partial charge in [0, 0.05) is 5.56 Å². The number of benzene rings is 2. The Morgan fingerprint density at radius 1 is 0.850 bits per heavy atom. The summed E-state index contributed by atoms with van der Waals surface area (Å²) in [6, 6.07) is 21.1. The van der Waals surface area contributed by atoms with E-state index in [4.69, 9.17) is 0 Å². The average Bonchev–Trinajstić information content (AvgIpc) is 2.40. The van der Waals surface area contributed by atoms with Crippen LogP contribution in [-0.2, 0) is 6.54 Å². The maximum absolute atomic E-state index is 2.27. The molecule has 0 aliphatic carbocycles. The third-order valence-corrected chi connectivity index (χ3v) is 3.16. The van der Waals surface area contributed by atoms with Crippen LogP contribution in [0.15, 0.2) is 66.7 Å². The third kappa shape index (κ3) is 5.60. The van der Waals surface area contributed by atoms with Crippen molar-refractivity contribution >= 4 is 6.08 Å². The van der Waals surface area contributed by atoms with E-state index in [0.717, 1.165) is 17.6 Å². The fourth-order valence-corrected chi connectivity index (χ4v) is 2.18. The summed E-state index contributed by atoms with van der Waals surface area (Å²) in [5.74, 6) is 0. The quantitative estimate of drug-likeness (QED) is 0.719. The molecule has 20 heavy (non-hydrogen) atoms. The molecule has 0 spiro atoms. The first-order chi connectivity index (χ1) is 9.16. The summed E-state index contributed by atoms with van der Waals surface area (Å²) in [4.78, 5) is 0. The molecule has 0 bridgehead atoms. The Kier molecular flexibility index (Phi) is 6.50. The zero-order valence-corrected chi connectivity index (χ0v) is 12.9. The van der Waals surface area contributed by atoms with Crippen molar-refractivity contribution in [1.29, 1.82) is 0 Å². The second-order valence-electron chi connectivity index (χ2n) is 5.58. The molecule has 0 radical (unpaired) electrons. The maximum atomic E-state index is 2.27. The highest BCUT2D eigenvalue weighted by molar-refractivity contribution is 5.48. The average molecular weight is 288 g/mol. The van der Waals surface area contributed by atoms with Gasteiger partial charge in [0.05, 0.1) is 20.6 Å². The number of nitrogens with zero attached hydrogens (tertiary/aromatic N) is 1. The number of halogens is 1. The van der Waals surface area contributed by atoms with Crippen LogP contribution in [0.2, 0.25) is 0 Å². The molecular weight excluding hydrogens is 266 g/mol. The van der Waals surface area contributed by atoms with Gasteiger partial charge in [0.25, 0.3) is 0 Å². The number of quaternary nitrogens is 1. The summed E-state index contributed by atoms with van der Waals surface area (Å²) in [5.41, 5.74) is 2.66. The molecule has 0 aliphatic rings. The van der Waals surface area contributed by atoms with Crippen LogP contribution in [0.1, 0.15) is 11.1 Å². The molecule has 0 amide bonds. The van der Waals surface area contributed by atoms with Crippen molar-refractivity contribution in [3.8, 4) is 0 Å². The van der Waals surface area contributed by atoms with Crippen molar-refractivity contribution in [3.05, 3.63) is 77.9 Å². The first-order valence-electron chi connectivity index (χ1n) is 6.73. The summed E-state index contributed by atoms with van der Waals surface area (Å²) in [5, 5.41) is 0. The molecule has 2 aromatic rings. The van der Waals surface area contributed by atoms with Crippen LogP contribution in [0.25, 0.3) is 6.08 Å². The third-order valence-electron chi connectivity index (χ3n) is 3.16. The van der Waals surface area contributed by atoms with Gasteiger partial charge in [-0.05, 0) is 11.6 Å². The Labute approximate surface area is 128 Å². The topological polar surface area (TPSA) is 0 Å². The van der Waals surface area contributed by atoms with E-state index in [1.165, 1.54) is 11.1 Å². The summed E-state index contributed by atoms with van der Waals surface area (Å²) in [6.07, 6.45) is 4.46. The summed E-state index contributed by atoms with van der Waals surface area (Å²) in [7, 11) is 4.53. The van der Waals surface area contributed by atoms with Crippen molar-refractivity contribution in [3.63, 3.8) is 0 Å². The number of likely N-dealkylation sites (N-methyl/N-ethyl adjacent to an activating group) is 1. The Morgan fingerprint density at radius 3 is 2.00 bits per heavy atom. The van der Waals surface area contributed by atoms with Gasteiger partial charge in [-0.3, -0.25) is 0 Å². The van der Waals surface area contributed by atoms with E-state index in [1.54, 1.807) is 0 Å². The molecule has 106 valence electrons. The lowest BCUT2D eigenvalue weighted by Crippen LogP contribution is -3.00. The van der Waals surface area contributed by atoms with E-state index in [1.807, 2.05) is 6.07 Å². The second-order valence-corrected chi connectivity index (χ2v) is 5.58. The molecule has 0 saturated carbocycles. The molecule has 2 aromatic carbocycles. The summed E-state index contributed by atoms with van der Waals surface area (Å²) < 4.78 is 0.966. The molecule has 0 heterocycles. The van der Waals surface area contributed by atoms with Crippen LogP contribution < -0.4 is 12.4 Å². The lowest BCUT2D eigenvalue weighted by atomic mass is 10.2.